The molecule has 1 aliphatic rings. The van der Waals surface area contributed by atoms with Crippen LogP contribution in [0.2, 0.25) is 0 Å². The predicted octanol–water partition coefficient (Wildman–Crippen LogP) is 3.17. The van der Waals surface area contributed by atoms with E-state index in [-0.39, 0.29) is 11.3 Å². The van der Waals surface area contributed by atoms with Crippen LogP contribution in [0.5, 0.6) is 0 Å². The van der Waals surface area contributed by atoms with Gasteiger partial charge in [0.15, 0.2) is 11.6 Å². The molecule has 0 spiro atoms. The Bertz CT molecular complexity index is 461. The van der Waals surface area contributed by atoms with E-state index in [9.17, 15) is 8.78 Å². The number of nitriles is 1. The van der Waals surface area contributed by atoms with Crippen molar-refractivity contribution >= 4 is 17.4 Å². The van der Waals surface area contributed by atoms with Crippen LogP contribution in [-0.4, -0.2) is 24.1 Å². The van der Waals surface area contributed by atoms with Gasteiger partial charge in [-0.25, -0.2) is 8.78 Å². The van der Waals surface area contributed by atoms with Crippen LogP contribution >= 0.6 is 11.8 Å². The zero-order valence-corrected chi connectivity index (χ0v) is 10.9. The summed E-state index contributed by atoms with van der Waals surface area (Å²) in [5.74, 6) is -0.418. The van der Waals surface area contributed by atoms with Crippen molar-refractivity contribution in [1.82, 2.24) is 0 Å². The van der Waals surface area contributed by atoms with Crippen LogP contribution in [-0.2, 0) is 0 Å². The summed E-state index contributed by atoms with van der Waals surface area (Å²) >= 11 is 1.84. The third kappa shape index (κ3) is 2.59. The van der Waals surface area contributed by atoms with Crippen molar-refractivity contribution in [3.63, 3.8) is 0 Å². The zero-order chi connectivity index (χ0) is 13.1. The number of hydrogen-bond donors (Lipinski definition) is 0. The van der Waals surface area contributed by atoms with Gasteiger partial charge in [-0.3, -0.25) is 0 Å². The molecule has 18 heavy (non-hydrogen) atoms. The van der Waals surface area contributed by atoms with Gasteiger partial charge >= 0.3 is 0 Å². The number of rotatable bonds is 2. The molecular weight excluding hydrogens is 254 g/mol. The quantitative estimate of drug-likeness (QED) is 0.824. The zero-order valence-electron chi connectivity index (χ0n) is 10.1. The van der Waals surface area contributed by atoms with E-state index in [4.69, 9.17) is 5.26 Å². The average molecular weight is 268 g/mol. The van der Waals surface area contributed by atoms with Gasteiger partial charge in [0.2, 0.25) is 0 Å². The molecule has 1 atom stereocenters. The summed E-state index contributed by atoms with van der Waals surface area (Å²) < 4.78 is 27.7. The second-order valence-electron chi connectivity index (χ2n) is 4.25. The van der Waals surface area contributed by atoms with Gasteiger partial charge in [-0.1, -0.05) is 6.92 Å². The third-order valence-electron chi connectivity index (χ3n) is 3.06. The van der Waals surface area contributed by atoms with E-state index in [0.29, 0.717) is 18.3 Å². The largest absolute Gasteiger partial charge is 0.365 e. The Balaban J connectivity index is 2.30. The molecule has 5 heteroatoms. The van der Waals surface area contributed by atoms with Gasteiger partial charge in [0.25, 0.3) is 0 Å². The number of hydrogen-bond acceptors (Lipinski definition) is 3. The Hall–Kier alpha value is -1.28. The first-order valence-electron chi connectivity index (χ1n) is 5.91. The van der Waals surface area contributed by atoms with E-state index in [0.717, 1.165) is 24.3 Å². The van der Waals surface area contributed by atoms with Crippen LogP contribution in [0, 0.1) is 23.0 Å². The molecule has 0 N–H and O–H groups in total. The Morgan fingerprint density at radius 3 is 2.67 bits per heavy atom. The summed E-state index contributed by atoms with van der Waals surface area (Å²) in [5.41, 5.74) is 0.0277. The van der Waals surface area contributed by atoms with Gasteiger partial charge < -0.3 is 4.90 Å². The fraction of sp³-hybridized carbons (Fsp3) is 0.462. The van der Waals surface area contributed by atoms with Gasteiger partial charge in [0.05, 0.1) is 11.6 Å². The van der Waals surface area contributed by atoms with Crippen molar-refractivity contribution < 1.29 is 8.78 Å². The molecule has 0 aromatic heterocycles. The van der Waals surface area contributed by atoms with Crippen molar-refractivity contribution in [2.75, 3.05) is 23.7 Å². The van der Waals surface area contributed by atoms with E-state index >= 15 is 0 Å². The molecule has 96 valence electrons. The maximum absolute atomic E-state index is 13.9. The Labute approximate surface area is 110 Å². The van der Waals surface area contributed by atoms with Crippen LogP contribution in [0.25, 0.3) is 0 Å². The highest BCUT2D eigenvalue weighted by Crippen LogP contribution is 2.30. The van der Waals surface area contributed by atoms with Gasteiger partial charge in [-0.15, -0.1) is 0 Å². The van der Waals surface area contributed by atoms with Gasteiger partial charge in [-0.2, -0.15) is 17.0 Å². The Kier molecular flexibility index (Phi) is 4.07. The highest BCUT2D eigenvalue weighted by Gasteiger charge is 2.24. The van der Waals surface area contributed by atoms with Crippen LogP contribution in [0.3, 0.4) is 0 Å². The first kappa shape index (κ1) is 13.2. The number of anilines is 1. The molecule has 1 fully saturated rings. The fourth-order valence-corrected chi connectivity index (χ4v) is 3.28. The Morgan fingerprint density at radius 2 is 2.11 bits per heavy atom. The standard InChI is InChI=1S/C13H14F2N2S/c1-2-10-8-17(3-4-18-10)13-11(14)5-9(7-16)6-12(13)15/h5-6,10H,2-4,8H2,1H3. The third-order valence-corrected chi connectivity index (χ3v) is 4.43. The molecule has 0 bridgehead atoms. The maximum Gasteiger partial charge on any atom is 0.150 e. The van der Waals surface area contributed by atoms with E-state index in [1.807, 2.05) is 11.8 Å². The van der Waals surface area contributed by atoms with Gasteiger partial charge in [-0.05, 0) is 18.6 Å². The molecule has 1 heterocycles. The van der Waals surface area contributed by atoms with Gasteiger partial charge in [0.1, 0.15) is 5.69 Å². The monoisotopic (exact) mass is 268 g/mol. The summed E-state index contributed by atoms with van der Waals surface area (Å²) in [5, 5.41) is 9.08. The summed E-state index contributed by atoms with van der Waals surface area (Å²) in [6.07, 6.45) is 0.987. The van der Waals surface area contributed by atoms with E-state index in [1.165, 1.54) is 0 Å². The van der Waals surface area contributed by atoms with Crippen molar-refractivity contribution in [2.45, 2.75) is 18.6 Å². The van der Waals surface area contributed by atoms with Gasteiger partial charge in [0, 0.05) is 24.1 Å². The second-order valence-corrected chi connectivity index (χ2v) is 5.66. The predicted molar refractivity (Wildman–Crippen MR) is 69.8 cm³/mol. The lowest BCUT2D eigenvalue weighted by atomic mass is 10.1. The van der Waals surface area contributed by atoms with Crippen LogP contribution < -0.4 is 4.90 Å². The highest BCUT2D eigenvalue weighted by atomic mass is 32.2. The number of halogens is 2. The smallest absolute Gasteiger partial charge is 0.150 e. The van der Waals surface area contributed by atoms with E-state index in [1.54, 1.807) is 11.0 Å². The van der Waals surface area contributed by atoms with Crippen molar-refractivity contribution in [1.29, 1.82) is 5.26 Å². The van der Waals surface area contributed by atoms with Crippen molar-refractivity contribution in [3.05, 3.63) is 29.3 Å². The SMILES string of the molecule is CCC1CN(c2c(F)cc(C#N)cc2F)CCS1. The molecule has 1 aromatic rings. The second kappa shape index (κ2) is 5.57. The van der Waals surface area contributed by atoms with Crippen LogP contribution in [0.15, 0.2) is 12.1 Å². The molecule has 2 rings (SSSR count). The van der Waals surface area contributed by atoms with E-state index < -0.39 is 11.6 Å². The lowest BCUT2D eigenvalue weighted by Gasteiger charge is -2.34. The molecule has 1 aromatic carbocycles. The van der Waals surface area contributed by atoms with Crippen molar-refractivity contribution in [2.24, 2.45) is 0 Å². The summed E-state index contributed by atoms with van der Waals surface area (Å²) in [6, 6.07) is 3.95. The highest BCUT2D eigenvalue weighted by molar-refractivity contribution is 8.00. The minimum Gasteiger partial charge on any atom is -0.365 e. The summed E-state index contributed by atoms with van der Waals surface area (Å²) in [6.45, 7) is 3.37. The molecule has 1 unspecified atom stereocenters. The van der Waals surface area contributed by atoms with Crippen LogP contribution in [0.1, 0.15) is 18.9 Å². The number of thioether (sulfide) groups is 1. The molecule has 2 nitrogen and oxygen atoms in total. The lowest BCUT2D eigenvalue weighted by molar-refractivity contribution is 0.567. The molecule has 0 saturated carbocycles. The van der Waals surface area contributed by atoms with E-state index in [2.05, 4.69) is 6.92 Å². The first-order chi connectivity index (χ1) is 8.65. The molecule has 1 saturated heterocycles. The maximum atomic E-state index is 13.9. The van der Waals surface area contributed by atoms with Crippen LogP contribution in [0.4, 0.5) is 14.5 Å². The van der Waals surface area contributed by atoms with Crippen molar-refractivity contribution in [3.8, 4) is 6.07 Å². The molecular formula is C13H14F2N2S. The minimum atomic E-state index is -0.645. The fourth-order valence-electron chi connectivity index (χ4n) is 2.10. The first-order valence-corrected chi connectivity index (χ1v) is 6.96. The Morgan fingerprint density at radius 1 is 1.44 bits per heavy atom. The normalized spacial score (nSPS) is 19.7. The molecule has 0 amide bonds. The molecule has 1 aliphatic heterocycles. The number of nitrogens with zero attached hydrogens (tertiary/aromatic N) is 2. The lowest BCUT2D eigenvalue weighted by Crippen LogP contribution is -2.38. The molecule has 0 radical (unpaired) electrons. The molecule has 0 aliphatic carbocycles. The number of benzene rings is 1. The minimum absolute atomic E-state index is 0.00718. The summed E-state index contributed by atoms with van der Waals surface area (Å²) in [4.78, 5) is 1.75. The topological polar surface area (TPSA) is 27.0 Å². The average Bonchev–Trinajstić information content (AvgIpc) is 2.38. The summed E-state index contributed by atoms with van der Waals surface area (Å²) in [7, 11) is 0.